The van der Waals surface area contributed by atoms with E-state index < -0.39 is 9.85 Å². The van der Waals surface area contributed by atoms with E-state index in [-0.39, 0.29) is 35.3 Å². The molecule has 2 amide bonds. The Bertz CT molecular complexity index is 879. The summed E-state index contributed by atoms with van der Waals surface area (Å²) < 4.78 is 0. The number of nitrogens with zero attached hydrogens (tertiary/aromatic N) is 2. The molecule has 0 radical (unpaired) electrons. The molecule has 1 aliphatic rings. The summed E-state index contributed by atoms with van der Waals surface area (Å²) in [4.78, 5) is 45.5. The number of nitro groups is 2. The molecule has 0 aromatic heterocycles. The van der Waals surface area contributed by atoms with Crippen molar-refractivity contribution in [2.75, 3.05) is 0 Å². The van der Waals surface area contributed by atoms with Crippen molar-refractivity contribution in [2.45, 2.75) is 37.8 Å². The van der Waals surface area contributed by atoms with E-state index in [4.69, 9.17) is 0 Å². The highest BCUT2D eigenvalue weighted by atomic mass is 16.6. The van der Waals surface area contributed by atoms with Gasteiger partial charge in [-0.05, 0) is 37.1 Å². The zero-order chi connectivity index (χ0) is 21.7. The van der Waals surface area contributed by atoms with Crippen LogP contribution in [-0.4, -0.2) is 33.7 Å². The lowest BCUT2D eigenvalue weighted by Gasteiger charge is -2.32. The number of nitrogens with one attached hydrogen (secondary N) is 2. The first kappa shape index (κ1) is 20.9. The lowest BCUT2D eigenvalue weighted by atomic mass is 9.89. The number of carbonyl (C=O) groups excluding carboxylic acids is 2. The van der Waals surface area contributed by atoms with Crippen LogP contribution in [0.4, 0.5) is 11.4 Å². The van der Waals surface area contributed by atoms with Crippen LogP contribution in [0.2, 0.25) is 0 Å². The average molecular weight is 412 g/mol. The second-order valence-corrected chi connectivity index (χ2v) is 7.05. The Morgan fingerprint density at radius 2 is 1.03 bits per heavy atom. The summed E-state index contributed by atoms with van der Waals surface area (Å²) in [6, 6.07) is 10.1. The number of benzene rings is 2. The van der Waals surface area contributed by atoms with Gasteiger partial charge in [0.2, 0.25) is 0 Å². The third kappa shape index (κ3) is 4.96. The largest absolute Gasteiger partial charge is 0.347 e. The molecular formula is C20H20N4O6. The minimum Gasteiger partial charge on any atom is -0.347 e. The van der Waals surface area contributed by atoms with E-state index in [0.717, 1.165) is 12.8 Å². The molecule has 3 rings (SSSR count). The van der Waals surface area contributed by atoms with E-state index in [0.29, 0.717) is 24.0 Å². The van der Waals surface area contributed by atoms with Gasteiger partial charge in [0.15, 0.2) is 0 Å². The molecule has 0 aliphatic heterocycles. The monoisotopic (exact) mass is 412 g/mol. The predicted molar refractivity (Wildman–Crippen MR) is 107 cm³/mol. The van der Waals surface area contributed by atoms with Gasteiger partial charge in [0, 0.05) is 47.5 Å². The van der Waals surface area contributed by atoms with Crippen LogP contribution in [0, 0.1) is 20.2 Å². The van der Waals surface area contributed by atoms with Crippen LogP contribution in [0.3, 0.4) is 0 Å². The maximum absolute atomic E-state index is 12.5. The molecule has 2 N–H and O–H groups in total. The molecule has 10 nitrogen and oxygen atoms in total. The van der Waals surface area contributed by atoms with Crippen LogP contribution in [0.5, 0.6) is 0 Å². The Labute approximate surface area is 171 Å². The zero-order valence-corrected chi connectivity index (χ0v) is 15.9. The summed E-state index contributed by atoms with van der Waals surface area (Å²) in [6.07, 6.45) is 3.16. The molecule has 0 saturated heterocycles. The van der Waals surface area contributed by atoms with Crippen molar-refractivity contribution in [3.8, 4) is 0 Å². The highest BCUT2D eigenvalue weighted by Crippen LogP contribution is 2.21. The van der Waals surface area contributed by atoms with Gasteiger partial charge in [-0.2, -0.15) is 0 Å². The lowest BCUT2D eigenvalue weighted by molar-refractivity contribution is -0.385. The van der Waals surface area contributed by atoms with Crippen LogP contribution < -0.4 is 10.6 Å². The van der Waals surface area contributed by atoms with Crippen LogP contribution in [0.25, 0.3) is 0 Å². The van der Waals surface area contributed by atoms with E-state index >= 15 is 0 Å². The Kier molecular flexibility index (Phi) is 6.35. The molecule has 2 aromatic rings. The zero-order valence-electron chi connectivity index (χ0n) is 15.9. The van der Waals surface area contributed by atoms with Gasteiger partial charge in [0.1, 0.15) is 0 Å². The molecule has 1 saturated carbocycles. The van der Waals surface area contributed by atoms with E-state index in [1.165, 1.54) is 48.5 Å². The van der Waals surface area contributed by atoms with Gasteiger partial charge in [-0.3, -0.25) is 29.8 Å². The highest BCUT2D eigenvalue weighted by molar-refractivity contribution is 5.95. The summed E-state index contributed by atoms with van der Waals surface area (Å²) in [5, 5.41) is 27.3. The first-order chi connectivity index (χ1) is 14.3. The quantitative estimate of drug-likeness (QED) is 0.551. The van der Waals surface area contributed by atoms with Crippen LogP contribution in [0.15, 0.2) is 48.5 Å². The van der Waals surface area contributed by atoms with Crippen molar-refractivity contribution in [1.29, 1.82) is 0 Å². The van der Waals surface area contributed by atoms with Crippen molar-refractivity contribution in [3.05, 3.63) is 79.9 Å². The number of carbonyl (C=O) groups is 2. The lowest BCUT2D eigenvalue weighted by Crippen LogP contribution is -2.53. The minimum atomic E-state index is -0.535. The normalized spacial score (nSPS) is 18.3. The van der Waals surface area contributed by atoms with Crippen molar-refractivity contribution < 1.29 is 19.4 Å². The average Bonchev–Trinajstić information content (AvgIpc) is 2.75. The maximum atomic E-state index is 12.5. The van der Waals surface area contributed by atoms with Crippen LogP contribution >= 0.6 is 0 Å². The summed E-state index contributed by atoms with van der Waals surface area (Å²) >= 11 is 0. The fraction of sp³-hybridized carbons (Fsp3) is 0.300. The maximum Gasteiger partial charge on any atom is 0.269 e. The van der Waals surface area contributed by atoms with E-state index in [1.54, 1.807) is 0 Å². The van der Waals surface area contributed by atoms with E-state index in [9.17, 15) is 29.8 Å². The SMILES string of the molecule is O=C(NC1CCCCC1NC(=O)c1ccc([N+](=O)[O-])cc1)c1ccc([N+](=O)[O-])cc1. The molecule has 2 atom stereocenters. The van der Waals surface area contributed by atoms with E-state index in [2.05, 4.69) is 10.6 Å². The van der Waals surface area contributed by atoms with Gasteiger partial charge in [-0.25, -0.2) is 0 Å². The fourth-order valence-corrected chi connectivity index (χ4v) is 3.45. The molecule has 0 spiro atoms. The molecule has 1 fully saturated rings. The summed E-state index contributed by atoms with van der Waals surface area (Å²) in [7, 11) is 0. The second-order valence-electron chi connectivity index (χ2n) is 7.05. The Morgan fingerprint density at radius 1 is 0.700 bits per heavy atom. The standard InChI is InChI=1S/C20H20N4O6/c25-19(13-5-9-15(10-6-13)23(27)28)21-17-3-1-2-4-18(17)22-20(26)14-7-11-16(12-8-14)24(29)30/h5-12,17-18H,1-4H2,(H,21,25)(H,22,26). The molecule has 0 heterocycles. The van der Waals surface area contributed by atoms with Gasteiger partial charge in [-0.1, -0.05) is 12.8 Å². The van der Waals surface area contributed by atoms with Crippen LogP contribution in [-0.2, 0) is 0 Å². The van der Waals surface area contributed by atoms with Crippen molar-refractivity contribution in [2.24, 2.45) is 0 Å². The van der Waals surface area contributed by atoms with Crippen molar-refractivity contribution in [1.82, 2.24) is 10.6 Å². The smallest absolute Gasteiger partial charge is 0.269 e. The molecule has 1 aliphatic carbocycles. The van der Waals surface area contributed by atoms with Gasteiger partial charge in [-0.15, -0.1) is 0 Å². The number of nitro benzene ring substituents is 2. The summed E-state index contributed by atoms with van der Waals surface area (Å²) in [5.74, 6) is -0.738. The number of non-ortho nitro benzene ring substituents is 2. The topological polar surface area (TPSA) is 144 Å². The minimum absolute atomic E-state index is 0.0996. The molecule has 2 unspecified atom stereocenters. The van der Waals surface area contributed by atoms with Crippen molar-refractivity contribution >= 4 is 23.2 Å². The third-order valence-corrected chi connectivity index (χ3v) is 5.08. The van der Waals surface area contributed by atoms with E-state index in [1.807, 2.05) is 0 Å². The summed E-state index contributed by atoms with van der Waals surface area (Å²) in [5.41, 5.74) is 0.396. The van der Waals surface area contributed by atoms with Gasteiger partial charge < -0.3 is 10.6 Å². The molecular weight excluding hydrogens is 392 g/mol. The molecule has 10 heteroatoms. The Hall–Kier alpha value is -3.82. The number of amides is 2. The molecule has 156 valence electrons. The van der Waals surface area contributed by atoms with Crippen molar-refractivity contribution in [3.63, 3.8) is 0 Å². The first-order valence-corrected chi connectivity index (χ1v) is 9.46. The summed E-state index contributed by atoms with van der Waals surface area (Å²) in [6.45, 7) is 0. The number of hydrogen-bond donors (Lipinski definition) is 2. The van der Waals surface area contributed by atoms with Gasteiger partial charge in [0.05, 0.1) is 9.85 Å². The van der Waals surface area contributed by atoms with Gasteiger partial charge in [0.25, 0.3) is 23.2 Å². The Balaban J connectivity index is 1.65. The fourth-order valence-electron chi connectivity index (χ4n) is 3.45. The second kappa shape index (κ2) is 9.12. The number of hydrogen-bond acceptors (Lipinski definition) is 6. The highest BCUT2D eigenvalue weighted by Gasteiger charge is 2.28. The number of rotatable bonds is 6. The molecule has 0 bridgehead atoms. The Morgan fingerprint density at radius 3 is 1.33 bits per heavy atom. The van der Waals surface area contributed by atoms with Gasteiger partial charge >= 0.3 is 0 Å². The molecule has 2 aromatic carbocycles. The molecule has 30 heavy (non-hydrogen) atoms. The van der Waals surface area contributed by atoms with Crippen LogP contribution in [0.1, 0.15) is 46.4 Å². The third-order valence-electron chi connectivity index (χ3n) is 5.08. The first-order valence-electron chi connectivity index (χ1n) is 9.46. The predicted octanol–water partition coefficient (Wildman–Crippen LogP) is 2.97.